The minimum atomic E-state index is -0.881. The van der Waals surface area contributed by atoms with Gasteiger partial charge in [0.15, 0.2) is 6.10 Å². The molecule has 0 spiro atoms. The summed E-state index contributed by atoms with van der Waals surface area (Å²) in [6, 6.07) is 27.3. The number of para-hydroxylation sites is 3. The van der Waals surface area contributed by atoms with Crippen LogP contribution in [-0.2, 0) is 16.1 Å². The number of carbonyl (C=O) groups excluding carboxylic acids is 2. The summed E-state index contributed by atoms with van der Waals surface area (Å²) in [6.45, 7) is 0.211. The van der Waals surface area contributed by atoms with Crippen LogP contribution in [0.1, 0.15) is 0 Å². The predicted molar refractivity (Wildman–Crippen MR) is 120 cm³/mol. The minimum absolute atomic E-state index is 0.0883. The summed E-state index contributed by atoms with van der Waals surface area (Å²) in [4.78, 5) is 26.9. The third kappa shape index (κ3) is 3.42. The number of rotatable bonds is 4. The van der Waals surface area contributed by atoms with Gasteiger partial charge < -0.3 is 19.9 Å². The fourth-order valence-corrected chi connectivity index (χ4v) is 4.07. The highest BCUT2D eigenvalue weighted by atomic mass is 16.5. The van der Waals surface area contributed by atoms with Crippen molar-refractivity contribution in [1.82, 2.24) is 4.57 Å². The maximum absolute atomic E-state index is 13.5. The summed E-state index contributed by atoms with van der Waals surface area (Å²) in [6.07, 6.45) is -0.881. The monoisotopic (exact) mass is 411 g/mol. The molecular formula is C25H21N3O3. The van der Waals surface area contributed by atoms with Gasteiger partial charge in [-0.15, -0.1) is 0 Å². The second-order valence-electron chi connectivity index (χ2n) is 7.52. The first-order chi connectivity index (χ1) is 15.1. The Kier molecular flexibility index (Phi) is 4.67. The van der Waals surface area contributed by atoms with Gasteiger partial charge in [0, 0.05) is 16.6 Å². The lowest BCUT2D eigenvalue weighted by molar-refractivity contribution is -0.125. The number of anilines is 1. The SMILES string of the molecule is NC(=O)[C@H]1CN(C(=O)Cn2c(-c3ccccc3)cc3ccccc32)c2ccccc2O1. The molecule has 0 fully saturated rings. The molecule has 0 saturated carbocycles. The molecule has 31 heavy (non-hydrogen) atoms. The number of amides is 2. The van der Waals surface area contributed by atoms with Crippen molar-refractivity contribution in [1.29, 1.82) is 0 Å². The summed E-state index contributed by atoms with van der Waals surface area (Å²) < 4.78 is 7.72. The molecule has 3 aromatic carbocycles. The number of benzene rings is 3. The van der Waals surface area contributed by atoms with E-state index in [1.165, 1.54) is 0 Å². The van der Waals surface area contributed by atoms with Crippen molar-refractivity contribution in [2.45, 2.75) is 12.6 Å². The first kappa shape index (κ1) is 18.9. The maximum atomic E-state index is 13.5. The number of fused-ring (bicyclic) bond motifs is 2. The second-order valence-corrected chi connectivity index (χ2v) is 7.52. The van der Waals surface area contributed by atoms with Gasteiger partial charge in [0.1, 0.15) is 12.3 Å². The Bertz CT molecular complexity index is 1280. The molecular weight excluding hydrogens is 390 g/mol. The lowest BCUT2D eigenvalue weighted by Crippen LogP contribution is -2.50. The zero-order valence-corrected chi connectivity index (χ0v) is 16.8. The first-order valence-corrected chi connectivity index (χ1v) is 10.1. The molecule has 1 aromatic heterocycles. The molecule has 0 saturated heterocycles. The third-order valence-corrected chi connectivity index (χ3v) is 5.57. The average Bonchev–Trinajstić information content (AvgIpc) is 3.17. The van der Waals surface area contributed by atoms with Crippen LogP contribution in [0.5, 0.6) is 5.75 Å². The number of nitrogens with two attached hydrogens (primary N) is 1. The molecule has 2 N–H and O–H groups in total. The number of hydrogen-bond donors (Lipinski definition) is 1. The van der Waals surface area contributed by atoms with Crippen molar-refractivity contribution in [3.05, 3.63) is 84.9 Å². The van der Waals surface area contributed by atoms with Crippen LogP contribution in [0, 0.1) is 0 Å². The predicted octanol–water partition coefficient (Wildman–Crippen LogP) is 3.59. The van der Waals surface area contributed by atoms with E-state index >= 15 is 0 Å². The number of hydrogen-bond acceptors (Lipinski definition) is 3. The molecule has 5 rings (SSSR count). The van der Waals surface area contributed by atoms with Crippen LogP contribution in [0.2, 0.25) is 0 Å². The van der Waals surface area contributed by atoms with Gasteiger partial charge in [-0.3, -0.25) is 9.59 Å². The van der Waals surface area contributed by atoms with Gasteiger partial charge >= 0.3 is 0 Å². The Balaban J connectivity index is 1.56. The minimum Gasteiger partial charge on any atom is -0.477 e. The van der Waals surface area contributed by atoms with Crippen molar-refractivity contribution in [3.63, 3.8) is 0 Å². The smallest absolute Gasteiger partial charge is 0.260 e. The highest BCUT2D eigenvalue weighted by Crippen LogP contribution is 2.34. The molecule has 6 heteroatoms. The summed E-state index contributed by atoms with van der Waals surface area (Å²) in [5, 5.41) is 1.06. The zero-order valence-electron chi connectivity index (χ0n) is 16.8. The number of aromatic nitrogens is 1. The van der Waals surface area contributed by atoms with Crippen LogP contribution < -0.4 is 15.4 Å². The van der Waals surface area contributed by atoms with Gasteiger partial charge in [-0.25, -0.2) is 0 Å². The molecule has 0 radical (unpaired) electrons. The maximum Gasteiger partial charge on any atom is 0.260 e. The van der Waals surface area contributed by atoms with Gasteiger partial charge in [0.2, 0.25) is 5.91 Å². The second kappa shape index (κ2) is 7.65. The molecule has 0 unspecified atom stereocenters. The number of ether oxygens (including phenoxy) is 1. The number of nitrogens with zero attached hydrogens (tertiary/aromatic N) is 2. The van der Waals surface area contributed by atoms with Crippen LogP contribution in [-0.4, -0.2) is 29.0 Å². The van der Waals surface area contributed by atoms with Crippen LogP contribution in [0.4, 0.5) is 5.69 Å². The Morgan fingerprint density at radius 3 is 2.45 bits per heavy atom. The van der Waals surface area contributed by atoms with E-state index in [9.17, 15) is 9.59 Å². The van der Waals surface area contributed by atoms with E-state index in [1.54, 1.807) is 17.0 Å². The molecule has 0 aliphatic carbocycles. The topological polar surface area (TPSA) is 77.6 Å². The largest absolute Gasteiger partial charge is 0.477 e. The highest BCUT2D eigenvalue weighted by molar-refractivity contribution is 5.98. The highest BCUT2D eigenvalue weighted by Gasteiger charge is 2.33. The van der Waals surface area contributed by atoms with Gasteiger partial charge in [-0.2, -0.15) is 0 Å². The zero-order chi connectivity index (χ0) is 21.4. The quantitative estimate of drug-likeness (QED) is 0.558. The van der Waals surface area contributed by atoms with Crippen molar-refractivity contribution in [3.8, 4) is 17.0 Å². The molecule has 1 aliphatic heterocycles. The van der Waals surface area contributed by atoms with Crippen molar-refractivity contribution in [2.24, 2.45) is 5.73 Å². The van der Waals surface area contributed by atoms with E-state index in [1.807, 2.05) is 71.3 Å². The lowest BCUT2D eigenvalue weighted by Gasteiger charge is -2.33. The van der Waals surface area contributed by atoms with Gasteiger partial charge in [-0.05, 0) is 29.8 Å². The van der Waals surface area contributed by atoms with Crippen LogP contribution in [0.15, 0.2) is 84.9 Å². The van der Waals surface area contributed by atoms with Crippen LogP contribution in [0.25, 0.3) is 22.2 Å². The Hall–Kier alpha value is -4.06. The van der Waals surface area contributed by atoms with E-state index in [0.717, 1.165) is 22.2 Å². The molecule has 2 heterocycles. The molecule has 2 amide bonds. The first-order valence-electron chi connectivity index (χ1n) is 10.1. The summed E-state index contributed by atoms with van der Waals surface area (Å²) in [7, 11) is 0. The third-order valence-electron chi connectivity index (χ3n) is 5.57. The van der Waals surface area contributed by atoms with Crippen molar-refractivity contribution in [2.75, 3.05) is 11.4 Å². The van der Waals surface area contributed by atoms with Crippen LogP contribution >= 0.6 is 0 Å². The van der Waals surface area contributed by atoms with Gasteiger partial charge in [0.25, 0.3) is 5.91 Å². The molecule has 1 aliphatic rings. The summed E-state index contributed by atoms with van der Waals surface area (Å²) in [5.41, 5.74) is 9.10. The van der Waals surface area contributed by atoms with Gasteiger partial charge in [0.05, 0.1) is 12.2 Å². The summed E-state index contributed by atoms with van der Waals surface area (Å²) in [5.74, 6) is -0.254. The fraction of sp³-hybridized carbons (Fsp3) is 0.120. The fourth-order valence-electron chi connectivity index (χ4n) is 4.07. The molecule has 1 atom stereocenters. The van der Waals surface area contributed by atoms with Crippen molar-refractivity contribution >= 4 is 28.4 Å². The van der Waals surface area contributed by atoms with Gasteiger partial charge in [-0.1, -0.05) is 60.7 Å². The Labute approximate surface area is 179 Å². The van der Waals surface area contributed by atoms with E-state index in [2.05, 4.69) is 6.07 Å². The molecule has 4 aromatic rings. The standard InChI is InChI=1S/C25H21N3O3/c26-25(30)23-15-28(20-12-6-7-13-22(20)31-23)24(29)16-27-19-11-5-4-10-18(19)14-21(27)17-8-2-1-3-9-17/h1-14,23H,15-16H2,(H2,26,30)/t23-/m1/s1. The lowest BCUT2D eigenvalue weighted by atomic mass is 10.1. The normalized spacial score (nSPS) is 15.4. The van der Waals surface area contributed by atoms with Crippen LogP contribution in [0.3, 0.4) is 0 Å². The molecule has 0 bridgehead atoms. The molecule has 6 nitrogen and oxygen atoms in total. The number of carbonyl (C=O) groups is 2. The number of primary amides is 1. The van der Waals surface area contributed by atoms with Crippen molar-refractivity contribution < 1.29 is 14.3 Å². The van der Waals surface area contributed by atoms with E-state index in [0.29, 0.717) is 11.4 Å². The molecule has 154 valence electrons. The average molecular weight is 411 g/mol. The van der Waals surface area contributed by atoms with E-state index in [-0.39, 0.29) is 19.0 Å². The van der Waals surface area contributed by atoms with E-state index < -0.39 is 12.0 Å². The Morgan fingerprint density at radius 1 is 0.935 bits per heavy atom. The Morgan fingerprint density at radius 2 is 1.65 bits per heavy atom. The summed E-state index contributed by atoms with van der Waals surface area (Å²) >= 11 is 0. The van der Waals surface area contributed by atoms with E-state index in [4.69, 9.17) is 10.5 Å².